The number of hydrogen-bond donors (Lipinski definition) is 1. The Morgan fingerprint density at radius 1 is 1.05 bits per heavy atom. The topological polar surface area (TPSA) is 49.4 Å². The Bertz CT molecular complexity index is 395. The minimum atomic E-state index is -0.256. The zero-order valence-corrected chi connectivity index (χ0v) is 12.5. The third-order valence-corrected chi connectivity index (χ3v) is 5.60. The van der Waals surface area contributed by atoms with Crippen molar-refractivity contribution < 1.29 is 9.59 Å². The minimum absolute atomic E-state index is 0.0355. The number of nitrogens with zero attached hydrogens (tertiary/aromatic N) is 1. The highest BCUT2D eigenvalue weighted by atomic mass is 16.2. The van der Waals surface area contributed by atoms with Crippen molar-refractivity contribution in [3.63, 3.8) is 0 Å². The second-order valence-corrected chi connectivity index (χ2v) is 7.07. The molecule has 2 aliphatic carbocycles. The average Bonchev–Trinajstić information content (AvgIpc) is 2.90. The number of piperazine rings is 1. The molecule has 20 heavy (non-hydrogen) atoms. The summed E-state index contributed by atoms with van der Waals surface area (Å²) in [4.78, 5) is 26.8. The van der Waals surface area contributed by atoms with Crippen LogP contribution in [0.15, 0.2) is 0 Å². The fourth-order valence-corrected chi connectivity index (χ4v) is 4.32. The van der Waals surface area contributed by atoms with Crippen LogP contribution in [0, 0.1) is 5.92 Å². The Labute approximate surface area is 121 Å². The molecule has 3 rings (SSSR count). The van der Waals surface area contributed by atoms with E-state index in [1.165, 1.54) is 32.1 Å². The van der Waals surface area contributed by atoms with Gasteiger partial charge >= 0.3 is 0 Å². The van der Waals surface area contributed by atoms with Gasteiger partial charge in [0.25, 0.3) is 0 Å². The van der Waals surface area contributed by atoms with E-state index in [2.05, 4.69) is 12.2 Å². The lowest BCUT2D eigenvalue weighted by atomic mass is 9.81. The van der Waals surface area contributed by atoms with Crippen LogP contribution >= 0.6 is 0 Å². The number of amides is 2. The first-order valence-corrected chi connectivity index (χ1v) is 8.21. The zero-order chi connectivity index (χ0) is 14.2. The molecule has 3 aliphatic rings. The molecular formula is C16H26N2O2. The van der Waals surface area contributed by atoms with Crippen LogP contribution in [0.4, 0.5) is 0 Å². The molecule has 0 bridgehead atoms. The van der Waals surface area contributed by atoms with E-state index in [0.717, 1.165) is 25.7 Å². The maximum atomic E-state index is 12.9. The predicted molar refractivity (Wildman–Crippen MR) is 77.1 cm³/mol. The van der Waals surface area contributed by atoms with Crippen molar-refractivity contribution in [3.8, 4) is 0 Å². The summed E-state index contributed by atoms with van der Waals surface area (Å²) in [5.74, 6) is 0.571. The van der Waals surface area contributed by atoms with Crippen molar-refractivity contribution in [2.75, 3.05) is 6.54 Å². The average molecular weight is 278 g/mol. The van der Waals surface area contributed by atoms with E-state index >= 15 is 0 Å². The first-order valence-electron chi connectivity index (χ1n) is 8.21. The predicted octanol–water partition coefficient (Wildman–Crippen LogP) is 2.23. The van der Waals surface area contributed by atoms with Gasteiger partial charge in [0, 0.05) is 5.54 Å². The molecule has 0 radical (unpaired) electrons. The van der Waals surface area contributed by atoms with Gasteiger partial charge in [0.1, 0.15) is 12.6 Å². The Balaban J connectivity index is 1.78. The Kier molecular flexibility index (Phi) is 3.74. The summed E-state index contributed by atoms with van der Waals surface area (Å²) in [6, 6.07) is -0.256. The molecule has 1 N–H and O–H groups in total. The summed E-state index contributed by atoms with van der Waals surface area (Å²) in [6.45, 7) is 2.42. The van der Waals surface area contributed by atoms with Crippen LogP contribution in [0.5, 0.6) is 0 Å². The smallest absolute Gasteiger partial charge is 0.246 e. The number of hydrogen-bond acceptors (Lipinski definition) is 2. The van der Waals surface area contributed by atoms with E-state index in [9.17, 15) is 9.59 Å². The van der Waals surface area contributed by atoms with E-state index in [1.807, 2.05) is 4.90 Å². The number of nitrogens with one attached hydrogen (secondary N) is 1. The maximum absolute atomic E-state index is 12.9. The molecule has 1 unspecified atom stereocenters. The molecule has 1 heterocycles. The molecule has 1 aliphatic heterocycles. The molecule has 2 saturated carbocycles. The molecule has 2 amide bonds. The summed E-state index contributed by atoms with van der Waals surface area (Å²) in [5.41, 5.74) is -0.0816. The molecule has 0 aromatic rings. The van der Waals surface area contributed by atoms with Crippen LogP contribution in [0.25, 0.3) is 0 Å². The van der Waals surface area contributed by atoms with Crippen molar-refractivity contribution in [1.82, 2.24) is 10.2 Å². The van der Waals surface area contributed by atoms with E-state index in [-0.39, 0.29) is 29.9 Å². The summed E-state index contributed by atoms with van der Waals surface area (Å²) in [7, 11) is 0. The van der Waals surface area contributed by atoms with E-state index < -0.39 is 0 Å². The zero-order valence-electron chi connectivity index (χ0n) is 12.5. The van der Waals surface area contributed by atoms with Crippen LogP contribution in [-0.4, -0.2) is 34.8 Å². The van der Waals surface area contributed by atoms with Crippen LogP contribution in [-0.2, 0) is 9.59 Å². The van der Waals surface area contributed by atoms with E-state index in [4.69, 9.17) is 0 Å². The summed E-state index contributed by atoms with van der Waals surface area (Å²) >= 11 is 0. The lowest BCUT2D eigenvalue weighted by Crippen LogP contribution is -2.65. The standard InChI is InChI=1S/C16H26N2O2/c1-16(9-5-6-10-16)18-11-13(19)17-14(15(18)20)12-7-3-2-4-8-12/h12,14H,2-11H2,1H3,(H,17,19). The summed E-state index contributed by atoms with van der Waals surface area (Å²) in [6.07, 6.45) is 10.3. The van der Waals surface area contributed by atoms with Gasteiger partial charge in [-0.2, -0.15) is 0 Å². The van der Waals surface area contributed by atoms with Gasteiger partial charge in [0.2, 0.25) is 11.8 Å². The molecule has 4 heteroatoms. The van der Waals surface area contributed by atoms with Gasteiger partial charge in [-0.3, -0.25) is 9.59 Å². The molecule has 1 atom stereocenters. The summed E-state index contributed by atoms with van der Waals surface area (Å²) < 4.78 is 0. The van der Waals surface area contributed by atoms with Gasteiger partial charge in [0.05, 0.1) is 0 Å². The van der Waals surface area contributed by atoms with Crippen molar-refractivity contribution in [3.05, 3.63) is 0 Å². The Morgan fingerprint density at radius 2 is 1.70 bits per heavy atom. The highest BCUT2D eigenvalue weighted by Crippen LogP contribution is 2.37. The quantitative estimate of drug-likeness (QED) is 0.842. The second kappa shape index (κ2) is 5.38. The number of carbonyl (C=O) groups excluding carboxylic acids is 2. The molecular weight excluding hydrogens is 252 g/mol. The molecule has 4 nitrogen and oxygen atoms in total. The third-order valence-electron chi connectivity index (χ3n) is 5.60. The Morgan fingerprint density at radius 3 is 2.35 bits per heavy atom. The molecule has 0 aromatic carbocycles. The largest absolute Gasteiger partial charge is 0.342 e. The lowest BCUT2D eigenvalue weighted by Gasteiger charge is -2.45. The number of carbonyl (C=O) groups is 2. The van der Waals surface area contributed by atoms with Gasteiger partial charge in [-0.25, -0.2) is 0 Å². The SMILES string of the molecule is CC1(N2CC(=O)NC(C3CCCCC3)C2=O)CCCC1. The van der Waals surface area contributed by atoms with Crippen LogP contribution in [0.1, 0.15) is 64.7 Å². The highest BCUT2D eigenvalue weighted by molar-refractivity contribution is 5.95. The molecule has 112 valence electrons. The van der Waals surface area contributed by atoms with Gasteiger partial charge in [-0.1, -0.05) is 32.1 Å². The van der Waals surface area contributed by atoms with Crippen LogP contribution < -0.4 is 5.32 Å². The van der Waals surface area contributed by atoms with Crippen LogP contribution in [0.2, 0.25) is 0 Å². The molecule has 1 saturated heterocycles. The fourth-order valence-electron chi connectivity index (χ4n) is 4.32. The van der Waals surface area contributed by atoms with Crippen LogP contribution in [0.3, 0.4) is 0 Å². The van der Waals surface area contributed by atoms with Gasteiger partial charge < -0.3 is 10.2 Å². The van der Waals surface area contributed by atoms with Crippen molar-refractivity contribution in [1.29, 1.82) is 0 Å². The second-order valence-electron chi connectivity index (χ2n) is 7.07. The Hall–Kier alpha value is -1.06. The maximum Gasteiger partial charge on any atom is 0.246 e. The highest BCUT2D eigenvalue weighted by Gasteiger charge is 2.46. The fraction of sp³-hybridized carbons (Fsp3) is 0.875. The van der Waals surface area contributed by atoms with E-state index in [1.54, 1.807) is 0 Å². The van der Waals surface area contributed by atoms with Gasteiger partial charge in [-0.15, -0.1) is 0 Å². The first-order chi connectivity index (χ1) is 9.60. The first kappa shape index (κ1) is 13.9. The van der Waals surface area contributed by atoms with Gasteiger partial charge in [0.15, 0.2) is 0 Å². The number of rotatable bonds is 2. The van der Waals surface area contributed by atoms with Crippen molar-refractivity contribution in [2.45, 2.75) is 76.3 Å². The van der Waals surface area contributed by atoms with Crippen molar-refractivity contribution >= 4 is 11.8 Å². The van der Waals surface area contributed by atoms with Crippen molar-refractivity contribution in [2.24, 2.45) is 5.92 Å². The lowest BCUT2D eigenvalue weighted by molar-refractivity contribution is -0.152. The third kappa shape index (κ3) is 2.45. The molecule has 0 spiro atoms. The normalized spacial score (nSPS) is 31.4. The molecule has 0 aromatic heterocycles. The monoisotopic (exact) mass is 278 g/mol. The summed E-state index contributed by atoms with van der Waals surface area (Å²) in [5, 5.41) is 2.98. The molecule has 3 fully saturated rings. The minimum Gasteiger partial charge on any atom is -0.342 e. The van der Waals surface area contributed by atoms with Gasteiger partial charge in [-0.05, 0) is 38.5 Å². The van der Waals surface area contributed by atoms with E-state index in [0.29, 0.717) is 5.92 Å².